The van der Waals surface area contributed by atoms with Crippen LogP contribution in [0.4, 0.5) is 5.82 Å². The smallest absolute Gasteiger partial charge is 0.298 e. The van der Waals surface area contributed by atoms with Gasteiger partial charge in [-0.1, -0.05) is 0 Å². The zero-order chi connectivity index (χ0) is 9.10. The van der Waals surface area contributed by atoms with Crippen LogP contribution in [0.1, 0.15) is 0 Å². The van der Waals surface area contributed by atoms with Crippen LogP contribution in [0.2, 0.25) is 0 Å². The summed E-state index contributed by atoms with van der Waals surface area (Å²) >= 11 is 0. The number of carbonyl (C=O) groups is 1. The monoisotopic (exact) mass is 180 g/mol. The highest BCUT2D eigenvalue weighted by Gasteiger charge is 2.11. The zero-order valence-electron chi connectivity index (χ0n) is 6.82. The molecule has 5 heteroatoms. The van der Waals surface area contributed by atoms with E-state index in [1.165, 1.54) is 6.20 Å². The SMILES string of the molecule is O=COc1cnc2c(c1)OCCN2. The van der Waals surface area contributed by atoms with Crippen LogP contribution >= 0.6 is 0 Å². The van der Waals surface area contributed by atoms with Crippen molar-refractivity contribution in [2.75, 3.05) is 18.5 Å². The molecule has 1 aromatic heterocycles. The number of nitrogens with one attached hydrogen (secondary N) is 1. The third-order valence-corrected chi connectivity index (χ3v) is 1.66. The summed E-state index contributed by atoms with van der Waals surface area (Å²) in [6, 6.07) is 1.63. The molecule has 0 radical (unpaired) electrons. The Morgan fingerprint density at radius 1 is 1.69 bits per heavy atom. The first kappa shape index (κ1) is 7.85. The highest BCUT2D eigenvalue weighted by molar-refractivity contribution is 5.55. The zero-order valence-corrected chi connectivity index (χ0v) is 6.82. The molecule has 5 nitrogen and oxygen atoms in total. The molecule has 13 heavy (non-hydrogen) atoms. The Labute approximate surface area is 74.7 Å². The molecule has 0 unspecified atom stereocenters. The Morgan fingerprint density at radius 2 is 2.62 bits per heavy atom. The first-order valence-corrected chi connectivity index (χ1v) is 3.87. The average Bonchev–Trinajstić information content (AvgIpc) is 2.18. The number of nitrogens with zero attached hydrogens (tertiary/aromatic N) is 1. The van der Waals surface area contributed by atoms with Crippen molar-refractivity contribution in [3.8, 4) is 11.5 Å². The maximum absolute atomic E-state index is 10.0. The molecule has 1 N–H and O–H groups in total. The predicted molar refractivity (Wildman–Crippen MR) is 44.9 cm³/mol. The number of rotatable bonds is 2. The van der Waals surface area contributed by atoms with Crippen LogP contribution < -0.4 is 14.8 Å². The molecule has 0 saturated carbocycles. The van der Waals surface area contributed by atoms with Gasteiger partial charge in [-0.25, -0.2) is 4.98 Å². The standard InChI is InChI=1S/C8H8N2O3/c11-5-13-6-3-7-8(10-4-6)9-1-2-12-7/h3-5H,1-2H2,(H,9,10). The fourth-order valence-corrected chi connectivity index (χ4v) is 1.12. The topological polar surface area (TPSA) is 60.5 Å². The summed E-state index contributed by atoms with van der Waals surface area (Å²) in [5, 5.41) is 3.05. The molecular formula is C8H8N2O3. The lowest BCUT2D eigenvalue weighted by atomic mass is 10.3. The second kappa shape index (κ2) is 3.30. The Kier molecular flexibility index (Phi) is 1.99. The second-order valence-corrected chi connectivity index (χ2v) is 2.51. The lowest BCUT2D eigenvalue weighted by Gasteiger charge is -2.17. The van der Waals surface area contributed by atoms with Gasteiger partial charge in [0.25, 0.3) is 6.47 Å². The fourth-order valence-electron chi connectivity index (χ4n) is 1.12. The molecule has 1 aliphatic heterocycles. The minimum atomic E-state index is 0.361. The number of anilines is 1. The molecule has 2 rings (SSSR count). The molecule has 0 aromatic carbocycles. The largest absolute Gasteiger partial charge is 0.488 e. The van der Waals surface area contributed by atoms with E-state index in [2.05, 4.69) is 15.0 Å². The van der Waals surface area contributed by atoms with Crippen LogP contribution in [0.15, 0.2) is 12.3 Å². The molecule has 0 atom stereocenters. The van der Waals surface area contributed by atoms with E-state index in [-0.39, 0.29) is 0 Å². The van der Waals surface area contributed by atoms with Crippen molar-refractivity contribution in [3.05, 3.63) is 12.3 Å². The van der Waals surface area contributed by atoms with E-state index in [0.717, 1.165) is 6.54 Å². The molecular weight excluding hydrogens is 172 g/mol. The van der Waals surface area contributed by atoms with Gasteiger partial charge in [-0.05, 0) is 0 Å². The summed E-state index contributed by atoms with van der Waals surface area (Å²) in [5.74, 6) is 1.69. The number of aromatic nitrogens is 1. The van der Waals surface area contributed by atoms with Crippen LogP contribution in [0.5, 0.6) is 11.5 Å². The minimum absolute atomic E-state index is 0.361. The Balaban J connectivity index is 2.29. The summed E-state index contributed by atoms with van der Waals surface area (Å²) < 4.78 is 9.91. The normalized spacial score (nSPS) is 13.5. The minimum Gasteiger partial charge on any atom is -0.488 e. The molecule has 1 aromatic rings. The van der Waals surface area contributed by atoms with E-state index >= 15 is 0 Å². The van der Waals surface area contributed by atoms with Crippen molar-refractivity contribution in [3.63, 3.8) is 0 Å². The summed E-state index contributed by atoms with van der Waals surface area (Å²) in [5.41, 5.74) is 0. The van der Waals surface area contributed by atoms with Crippen LogP contribution in [-0.4, -0.2) is 24.6 Å². The Morgan fingerprint density at radius 3 is 3.46 bits per heavy atom. The second-order valence-electron chi connectivity index (χ2n) is 2.51. The molecule has 0 fully saturated rings. The number of hydrogen-bond donors (Lipinski definition) is 1. The van der Waals surface area contributed by atoms with Gasteiger partial charge < -0.3 is 14.8 Å². The molecule has 0 bridgehead atoms. The van der Waals surface area contributed by atoms with Gasteiger partial charge in [0, 0.05) is 6.07 Å². The van der Waals surface area contributed by atoms with Crippen LogP contribution in [0.25, 0.3) is 0 Å². The van der Waals surface area contributed by atoms with Gasteiger partial charge in [0.1, 0.15) is 6.61 Å². The first-order valence-electron chi connectivity index (χ1n) is 3.87. The van der Waals surface area contributed by atoms with Gasteiger partial charge in [-0.2, -0.15) is 0 Å². The number of ether oxygens (including phenoxy) is 2. The maximum Gasteiger partial charge on any atom is 0.298 e. The number of hydrogen-bond acceptors (Lipinski definition) is 5. The van der Waals surface area contributed by atoms with Gasteiger partial charge in [0.15, 0.2) is 17.3 Å². The molecule has 1 aliphatic rings. The molecule has 0 aliphatic carbocycles. The van der Waals surface area contributed by atoms with Gasteiger partial charge in [-0.3, -0.25) is 4.79 Å². The van der Waals surface area contributed by atoms with E-state index in [9.17, 15) is 4.79 Å². The van der Waals surface area contributed by atoms with E-state index in [0.29, 0.717) is 30.4 Å². The highest BCUT2D eigenvalue weighted by Crippen LogP contribution is 2.28. The maximum atomic E-state index is 10.0. The number of fused-ring (bicyclic) bond motifs is 1. The van der Waals surface area contributed by atoms with Gasteiger partial charge in [0.2, 0.25) is 0 Å². The van der Waals surface area contributed by atoms with E-state index in [1.54, 1.807) is 6.07 Å². The van der Waals surface area contributed by atoms with Crippen LogP contribution in [0.3, 0.4) is 0 Å². The third kappa shape index (κ3) is 1.53. The Hall–Kier alpha value is -1.78. The molecule has 0 saturated heterocycles. The molecule has 0 amide bonds. The highest BCUT2D eigenvalue weighted by atomic mass is 16.5. The molecule has 2 heterocycles. The number of carbonyl (C=O) groups excluding carboxylic acids is 1. The van der Waals surface area contributed by atoms with Crippen molar-refractivity contribution in [1.82, 2.24) is 4.98 Å². The van der Waals surface area contributed by atoms with Crippen molar-refractivity contribution >= 4 is 12.3 Å². The van der Waals surface area contributed by atoms with Crippen molar-refractivity contribution in [2.24, 2.45) is 0 Å². The number of pyridine rings is 1. The lowest BCUT2D eigenvalue weighted by Crippen LogP contribution is -2.18. The van der Waals surface area contributed by atoms with Crippen molar-refractivity contribution < 1.29 is 14.3 Å². The van der Waals surface area contributed by atoms with E-state index in [1.807, 2.05) is 0 Å². The predicted octanol–water partition coefficient (Wildman–Crippen LogP) is 0.421. The summed E-state index contributed by atoms with van der Waals surface area (Å²) in [6.07, 6.45) is 1.47. The third-order valence-electron chi connectivity index (χ3n) is 1.66. The van der Waals surface area contributed by atoms with Gasteiger partial charge in [0.05, 0.1) is 12.7 Å². The summed E-state index contributed by atoms with van der Waals surface area (Å²) in [4.78, 5) is 14.1. The van der Waals surface area contributed by atoms with Gasteiger partial charge >= 0.3 is 0 Å². The molecule has 68 valence electrons. The average molecular weight is 180 g/mol. The van der Waals surface area contributed by atoms with Crippen molar-refractivity contribution in [1.29, 1.82) is 0 Å². The van der Waals surface area contributed by atoms with E-state index < -0.39 is 0 Å². The van der Waals surface area contributed by atoms with Gasteiger partial charge in [-0.15, -0.1) is 0 Å². The quantitative estimate of drug-likeness (QED) is 0.668. The summed E-state index contributed by atoms with van der Waals surface area (Å²) in [7, 11) is 0. The van der Waals surface area contributed by atoms with Crippen molar-refractivity contribution in [2.45, 2.75) is 0 Å². The molecule has 0 spiro atoms. The van der Waals surface area contributed by atoms with E-state index in [4.69, 9.17) is 4.74 Å². The Bertz CT molecular complexity index is 327. The first-order chi connectivity index (χ1) is 6.40. The summed E-state index contributed by atoms with van der Waals surface area (Å²) in [6.45, 7) is 1.70. The fraction of sp³-hybridized carbons (Fsp3) is 0.250. The lowest BCUT2D eigenvalue weighted by molar-refractivity contribution is -0.120. The van der Waals surface area contributed by atoms with Crippen LogP contribution in [-0.2, 0) is 4.79 Å². The van der Waals surface area contributed by atoms with Crippen LogP contribution in [0, 0.1) is 0 Å².